The van der Waals surface area contributed by atoms with Crippen LogP contribution in [0.5, 0.6) is 0 Å². The summed E-state index contributed by atoms with van der Waals surface area (Å²) in [6, 6.07) is 2.49. The lowest BCUT2D eigenvalue weighted by atomic mass is 10.0. The smallest absolute Gasteiger partial charge is 0.349 e. The van der Waals surface area contributed by atoms with E-state index in [1.807, 2.05) is 13.0 Å². The van der Waals surface area contributed by atoms with E-state index in [0.29, 0.717) is 17.5 Å². The van der Waals surface area contributed by atoms with Crippen molar-refractivity contribution in [3.05, 3.63) is 22.4 Å². The summed E-state index contributed by atoms with van der Waals surface area (Å²) >= 11 is 0. The molecule has 0 unspecified atom stereocenters. The summed E-state index contributed by atoms with van der Waals surface area (Å²) < 4.78 is 1.50. The minimum Gasteiger partial charge on any atom is -0.356 e. The first-order valence-corrected chi connectivity index (χ1v) is 7.62. The van der Waals surface area contributed by atoms with Crippen LogP contribution >= 0.6 is 0 Å². The Bertz CT molecular complexity index is 668. The van der Waals surface area contributed by atoms with Crippen molar-refractivity contribution in [2.75, 3.05) is 24.5 Å². The average Bonchev–Trinajstić information content (AvgIpc) is 2.87. The molecule has 114 valence electrons. The van der Waals surface area contributed by atoms with Crippen LogP contribution < -0.4 is 15.9 Å². The first kappa shape index (κ1) is 14.1. The number of nitrogens with one attached hydrogen (secondary N) is 2. The van der Waals surface area contributed by atoms with Crippen molar-refractivity contribution in [2.45, 2.75) is 39.2 Å². The SMILES string of the molecule is CCCNC1CCN(c2cc3n[nH]c(=O)n3c(C)n2)CC1. The van der Waals surface area contributed by atoms with Crippen LogP contribution in [0.1, 0.15) is 32.0 Å². The molecule has 1 saturated heterocycles. The van der Waals surface area contributed by atoms with E-state index < -0.39 is 0 Å². The maximum Gasteiger partial charge on any atom is 0.349 e. The van der Waals surface area contributed by atoms with Gasteiger partial charge in [-0.05, 0) is 32.7 Å². The van der Waals surface area contributed by atoms with Gasteiger partial charge in [-0.15, -0.1) is 0 Å². The number of aryl methyl sites for hydroxylation is 1. The molecule has 0 saturated carbocycles. The second kappa shape index (κ2) is 5.85. The van der Waals surface area contributed by atoms with E-state index in [1.165, 1.54) is 10.8 Å². The Hall–Kier alpha value is -1.89. The van der Waals surface area contributed by atoms with Crippen molar-refractivity contribution in [1.82, 2.24) is 24.9 Å². The molecule has 0 bridgehead atoms. The molecule has 3 rings (SSSR count). The summed E-state index contributed by atoms with van der Waals surface area (Å²) in [7, 11) is 0. The van der Waals surface area contributed by atoms with Crippen molar-refractivity contribution >= 4 is 11.5 Å². The summed E-state index contributed by atoms with van der Waals surface area (Å²) in [5.41, 5.74) is 0.401. The summed E-state index contributed by atoms with van der Waals surface area (Å²) in [4.78, 5) is 18.4. The van der Waals surface area contributed by atoms with Crippen LogP contribution in [0, 0.1) is 6.92 Å². The number of rotatable bonds is 4. The Morgan fingerprint density at radius 3 is 2.90 bits per heavy atom. The number of aromatic nitrogens is 4. The number of H-pyrrole nitrogens is 1. The van der Waals surface area contributed by atoms with Gasteiger partial charge in [0.2, 0.25) is 0 Å². The summed E-state index contributed by atoms with van der Waals surface area (Å²) in [6.45, 7) is 7.08. The molecule has 1 aliphatic rings. The lowest BCUT2D eigenvalue weighted by Crippen LogP contribution is -2.43. The molecule has 0 aliphatic carbocycles. The normalized spacial score (nSPS) is 16.8. The van der Waals surface area contributed by atoms with Crippen molar-refractivity contribution in [2.24, 2.45) is 0 Å². The van der Waals surface area contributed by atoms with Gasteiger partial charge in [0.1, 0.15) is 11.6 Å². The molecule has 1 fully saturated rings. The number of aromatic amines is 1. The highest BCUT2D eigenvalue weighted by Gasteiger charge is 2.20. The van der Waals surface area contributed by atoms with E-state index in [9.17, 15) is 4.79 Å². The third kappa shape index (κ3) is 2.78. The van der Waals surface area contributed by atoms with Crippen LogP contribution in [0.4, 0.5) is 5.82 Å². The molecule has 1 aliphatic heterocycles. The zero-order valence-electron chi connectivity index (χ0n) is 12.6. The fourth-order valence-corrected chi connectivity index (χ4v) is 2.91. The number of nitrogens with zero attached hydrogens (tertiary/aromatic N) is 4. The van der Waals surface area contributed by atoms with Crippen molar-refractivity contribution in [3.8, 4) is 0 Å². The van der Waals surface area contributed by atoms with Crippen LogP contribution in [0.15, 0.2) is 10.9 Å². The molecule has 2 aromatic rings. The summed E-state index contributed by atoms with van der Waals surface area (Å²) in [6.07, 6.45) is 3.42. The largest absolute Gasteiger partial charge is 0.356 e. The van der Waals surface area contributed by atoms with Gasteiger partial charge in [-0.2, -0.15) is 5.10 Å². The van der Waals surface area contributed by atoms with E-state index in [2.05, 4.69) is 32.3 Å². The Morgan fingerprint density at radius 1 is 1.43 bits per heavy atom. The van der Waals surface area contributed by atoms with Gasteiger partial charge < -0.3 is 10.2 Å². The maximum atomic E-state index is 11.6. The first-order valence-electron chi connectivity index (χ1n) is 7.62. The quantitative estimate of drug-likeness (QED) is 0.866. The van der Waals surface area contributed by atoms with Crippen molar-refractivity contribution in [1.29, 1.82) is 0 Å². The average molecular weight is 290 g/mol. The van der Waals surface area contributed by atoms with E-state index in [4.69, 9.17) is 0 Å². The van der Waals surface area contributed by atoms with Gasteiger partial charge in [0.25, 0.3) is 0 Å². The minimum atomic E-state index is -0.232. The molecule has 21 heavy (non-hydrogen) atoms. The lowest BCUT2D eigenvalue weighted by Gasteiger charge is -2.33. The number of fused-ring (bicyclic) bond motifs is 1. The highest BCUT2D eigenvalue weighted by atomic mass is 16.1. The lowest BCUT2D eigenvalue weighted by molar-refractivity contribution is 0.414. The molecule has 0 amide bonds. The Balaban J connectivity index is 1.75. The van der Waals surface area contributed by atoms with E-state index >= 15 is 0 Å². The van der Waals surface area contributed by atoms with Crippen LogP contribution in [-0.4, -0.2) is 45.3 Å². The predicted molar refractivity (Wildman–Crippen MR) is 81.9 cm³/mol. The molecule has 0 spiro atoms. The zero-order valence-corrected chi connectivity index (χ0v) is 12.6. The van der Waals surface area contributed by atoms with E-state index in [0.717, 1.165) is 38.3 Å². The van der Waals surface area contributed by atoms with Gasteiger partial charge in [0, 0.05) is 25.2 Å². The molecule has 0 atom stereocenters. The highest BCUT2D eigenvalue weighted by molar-refractivity contribution is 5.51. The molecule has 0 radical (unpaired) electrons. The fraction of sp³-hybridized carbons (Fsp3) is 0.643. The Labute approximate surface area is 123 Å². The van der Waals surface area contributed by atoms with Gasteiger partial charge >= 0.3 is 5.69 Å². The number of hydrogen-bond acceptors (Lipinski definition) is 5. The topological polar surface area (TPSA) is 78.3 Å². The number of anilines is 1. The van der Waals surface area contributed by atoms with Gasteiger partial charge in [0.15, 0.2) is 5.65 Å². The monoisotopic (exact) mass is 290 g/mol. The van der Waals surface area contributed by atoms with E-state index in [1.54, 1.807) is 0 Å². The standard InChI is InChI=1S/C14H22N6O/c1-3-6-15-11-4-7-19(8-5-11)12-9-13-17-18-14(21)20(13)10(2)16-12/h9,11,15H,3-8H2,1-2H3,(H,18,21). The van der Waals surface area contributed by atoms with Gasteiger partial charge in [-0.25, -0.2) is 19.3 Å². The van der Waals surface area contributed by atoms with Crippen LogP contribution in [0.2, 0.25) is 0 Å². The molecule has 7 heteroatoms. The highest BCUT2D eigenvalue weighted by Crippen LogP contribution is 2.19. The molecule has 7 nitrogen and oxygen atoms in total. The van der Waals surface area contributed by atoms with Crippen LogP contribution in [0.3, 0.4) is 0 Å². The van der Waals surface area contributed by atoms with Crippen LogP contribution in [0.25, 0.3) is 5.65 Å². The molecule has 2 aromatic heterocycles. The maximum absolute atomic E-state index is 11.6. The Morgan fingerprint density at radius 2 is 2.19 bits per heavy atom. The number of piperidine rings is 1. The molecule has 3 heterocycles. The Kier molecular flexibility index (Phi) is 3.92. The minimum absolute atomic E-state index is 0.232. The fourth-order valence-electron chi connectivity index (χ4n) is 2.91. The third-order valence-electron chi connectivity index (χ3n) is 4.06. The van der Waals surface area contributed by atoms with Crippen molar-refractivity contribution < 1.29 is 0 Å². The summed E-state index contributed by atoms with van der Waals surface area (Å²) in [5, 5.41) is 10.1. The van der Waals surface area contributed by atoms with Gasteiger partial charge in [-0.3, -0.25) is 0 Å². The molecule has 2 N–H and O–H groups in total. The third-order valence-corrected chi connectivity index (χ3v) is 4.06. The molecule has 0 aromatic carbocycles. The van der Waals surface area contributed by atoms with E-state index in [-0.39, 0.29) is 5.69 Å². The second-order valence-corrected chi connectivity index (χ2v) is 5.60. The predicted octanol–water partition coefficient (Wildman–Crippen LogP) is 0.694. The van der Waals surface area contributed by atoms with Crippen molar-refractivity contribution in [3.63, 3.8) is 0 Å². The first-order chi connectivity index (χ1) is 10.2. The molecular formula is C14H22N6O. The van der Waals surface area contributed by atoms with Crippen LogP contribution in [-0.2, 0) is 0 Å². The zero-order chi connectivity index (χ0) is 14.8. The van der Waals surface area contributed by atoms with Gasteiger partial charge in [-0.1, -0.05) is 6.92 Å². The number of hydrogen-bond donors (Lipinski definition) is 2. The second-order valence-electron chi connectivity index (χ2n) is 5.60. The summed E-state index contributed by atoms with van der Waals surface area (Å²) in [5.74, 6) is 1.58. The van der Waals surface area contributed by atoms with Gasteiger partial charge in [0.05, 0.1) is 0 Å². The molecular weight excluding hydrogens is 268 g/mol.